The number of rotatable bonds is 9. The van der Waals surface area contributed by atoms with Crippen LogP contribution >= 0.6 is 0 Å². The molecule has 0 spiro atoms. The van der Waals surface area contributed by atoms with Crippen molar-refractivity contribution in [3.05, 3.63) is 35.6 Å². The third-order valence-electron chi connectivity index (χ3n) is 4.18. The van der Waals surface area contributed by atoms with Gasteiger partial charge in [0.05, 0.1) is 5.54 Å². The van der Waals surface area contributed by atoms with Crippen LogP contribution in [0.1, 0.15) is 58.9 Å². The van der Waals surface area contributed by atoms with Crippen LogP contribution in [0, 0.1) is 5.82 Å². The summed E-state index contributed by atoms with van der Waals surface area (Å²) in [5.74, 6) is -0.208. The molecule has 1 aromatic rings. The van der Waals surface area contributed by atoms with E-state index in [9.17, 15) is 4.39 Å². The first-order valence-corrected chi connectivity index (χ1v) is 8.26. The van der Waals surface area contributed by atoms with Crippen molar-refractivity contribution >= 4 is 0 Å². The van der Waals surface area contributed by atoms with E-state index in [-0.39, 0.29) is 11.9 Å². The molecule has 2 atom stereocenters. The lowest BCUT2D eigenvalue weighted by molar-refractivity contribution is 0.117. The third kappa shape index (κ3) is 4.79. The maximum absolute atomic E-state index is 13.2. The Balaban J connectivity index is 3.07. The quantitative estimate of drug-likeness (QED) is 0.736. The highest BCUT2D eigenvalue weighted by Crippen LogP contribution is 2.29. The molecule has 0 saturated heterocycles. The molecule has 0 bridgehead atoms. The highest BCUT2D eigenvalue weighted by molar-refractivity contribution is 5.26. The minimum absolute atomic E-state index is 0.208. The number of hydrogen-bond acceptors (Lipinski definition) is 2. The van der Waals surface area contributed by atoms with E-state index in [1.54, 1.807) is 0 Å². The number of halogens is 1. The summed E-state index contributed by atoms with van der Waals surface area (Å²) in [7, 11) is 0. The summed E-state index contributed by atoms with van der Waals surface area (Å²) >= 11 is 0. The monoisotopic (exact) mass is 294 g/mol. The van der Waals surface area contributed by atoms with Crippen LogP contribution in [0.15, 0.2) is 24.3 Å². The highest BCUT2D eigenvalue weighted by atomic mass is 19.1. The first-order chi connectivity index (χ1) is 9.97. The summed E-state index contributed by atoms with van der Waals surface area (Å²) in [5.41, 5.74) is 7.27. The second-order valence-corrected chi connectivity index (χ2v) is 6.13. The molecule has 0 aliphatic carbocycles. The van der Waals surface area contributed by atoms with Crippen LogP contribution in [0.5, 0.6) is 0 Å². The van der Waals surface area contributed by atoms with Gasteiger partial charge in [-0.05, 0) is 57.0 Å². The van der Waals surface area contributed by atoms with Crippen molar-refractivity contribution in [3.63, 3.8) is 0 Å². The molecule has 0 fully saturated rings. The van der Waals surface area contributed by atoms with E-state index in [1.807, 2.05) is 12.1 Å². The van der Waals surface area contributed by atoms with Gasteiger partial charge in [-0.3, -0.25) is 4.90 Å². The van der Waals surface area contributed by atoms with Crippen molar-refractivity contribution in [1.82, 2.24) is 4.90 Å². The van der Waals surface area contributed by atoms with Gasteiger partial charge in [0.2, 0.25) is 0 Å². The van der Waals surface area contributed by atoms with Gasteiger partial charge in [0, 0.05) is 6.04 Å². The summed E-state index contributed by atoms with van der Waals surface area (Å²) in [4.78, 5) is 2.51. The normalized spacial score (nSPS) is 16.0. The summed E-state index contributed by atoms with van der Waals surface area (Å²) in [6.45, 7) is 10.8. The minimum atomic E-state index is -0.464. The number of hydrogen-bond donors (Lipinski definition) is 1. The Bertz CT molecular complexity index is 394. The van der Waals surface area contributed by atoms with Gasteiger partial charge in [-0.2, -0.15) is 0 Å². The molecular weight excluding hydrogens is 263 g/mol. The van der Waals surface area contributed by atoms with Crippen LogP contribution in [-0.2, 0) is 5.54 Å². The predicted molar refractivity (Wildman–Crippen MR) is 88.8 cm³/mol. The molecule has 0 aliphatic rings. The molecule has 21 heavy (non-hydrogen) atoms. The standard InChI is InChI=1S/C18H31FN2/c1-5-8-17(21(13-6-2)14-7-3)18(4,20)15-9-11-16(19)12-10-15/h9-12,17H,5-8,13-14,20H2,1-4H3. The van der Waals surface area contributed by atoms with Gasteiger partial charge in [0.1, 0.15) is 5.82 Å². The lowest BCUT2D eigenvalue weighted by Crippen LogP contribution is -2.54. The molecule has 0 aromatic heterocycles. The van der Waals surface area contributed by atoms with Crippen LogP contribution in [-0.4, -0.2) is 24.0 Å². The van der Waals surface area contributed by atoms with E-state index in [0.29, 0.717) is 0 Å². The lowest BCUT2D eigenvalue weighted by Gasteiger charge is -2.42. The molecule has 3 heteroatoms. The molecule has 2 N–H and O–H groups in total. The molecule has 0 heterocycles. The van der Waals surface area contributed by atoms with Gasteiger partial charge in [-0.25, -0.2) is 4.39 Å². The molecule has 0 aliphatic heterocycles. The smallest absolute Gasteiger partial charge is 0.123 e. The average molecular weight is 294 g/mol. The van der Waals surface area contributed by atoms with Crippen molar-refractivity contribution in [2.75, 3.05) is 13.1 Å². The SMILES string of the molecule is CCCC(N(CCC)CCC)C(C)(N)c1ccc(F)cc1. The Morgan fingerprint density at radius 2 is 1.57 bits per heavy atom. The molecule has 0 amide bonds. The average Bonchev–Trinajstić information content (AvgIpc) is 2.45. The molecule has 1 rings (SSSR count). The first kappa shape index (κ1) is 18.1. The Labute approximate surface area is 129 Å². The minimum Gasteiger partial charge on any atom is -0.320 e. The van der Waals surface area contributed by atoms with Gasteiger partial charge in [-0.1, -0.05) is 39.3 Å². The highest BCUT2D eigenvalue weighted by Gasteiger charge is 2.35. The number of nitrogens with zero attached hydrogens (tertiary/aromatic N) is 1. The van der Waals surface area contributed by atoms with Crippen molar-refractivity contribution in [1.29, 1.82) is 0 Å². The first-order valence-electron chi connectivity index (χ1n) is 8.26. The van der Waals surface area contributed by atoms with E-state index in [1.165, 1.54) is 12.1 Å². The Hall–Kier alpha value is -0.930. The zero-order chi connectivity index (χ0) is 15.9. The van der Waals surface area contributed by atoms with E-state index in [0.717, 1.165) is 44.3 Å². The van der Waals surface area contributed by atoms with E-state index >= 15 is 0 Å². The van der Waals surface area contributed by atoms with Gasteiger partial charge in [0.15, 0.2) is 0 Å². The van der Waals surface area contributed by atoms with Crippen LogP contribution in [0.25, 0.3) is 0 Å². The van der Waals surface area contributed by atoms with E-state index < -0.39 is 5.54 Å². The largest absolute Gasteiger partial charge is 0.320 e. The van der Waals surface area contributed by atoms with Crippen LogP contribution in [0.2, 0.25) is 0 Å². The van der Waals surface area contributed by atoms with E-state index in [4.69, 9.17) is 5.73 Å². The molecule has 2 unspecified atom stereocenters. The third-order valence-corrected chi connectivity index (χ3v) is 4.18. The molecule has 120 valence electrons. The Morgan fingerprint density at radius 3 is 2.00 bits per heavy atom. The van der Waals surface area contributed by atoms with Crippen LogP contribution in [0.4, 0.5) is 4.39 Å². The number of benzene rings is 1. The Morgan fingerprint density at radius 1 is 1.05 bits per heavy atom. The fourth-order valence-electron chi connectivity index (χ4n) is 3.13. The summed E-state index contributed by atoms with van der Waals surface area (Å²) in [6.07, 6.45) is 4.41. The van der Waals surface area contributed by atoms with Crippen molar-refractivity contribution in [3.8, 4) is 0 Å². The molecule has 2 nitrogen and oxygen atoms in total. The topological polar surface area (TPSA) is 29.3 Å². The van der Waals surface area contributed by atoms with Crippen molar-refractivity contribution in [2.24, 2.45) is 5.73 Å². The lowest BCUT2D eigenvalue weighted by atomic mass is 9.82. The predicted octanol–water partition coefficient (Wildman–Crippen LogP) is 4.29. The summed E-state index contributed by atoms with van der Waals surface area (Å²) in [5, 5.41) is 0. The van der Waals surface area contributed by atoms with Crippen LogP contribution < -0.4 is 5.73 Å². The second-order valence-electron chi connectivity index (χ2n) is 6.13. The van der Waals surface area contributed by atoms with Gasteiger partial charge in [-0.15, -0.1) is 0 Å². The van der Waals surface area contributed by atoms with Crippen molar-refractivity contribution < 1.29 is 4.39 Å². The van der Waals surface area contributed by atoms with Gasteiger partial charge in [0.25, 0.3) is 0 Å². The van der Waals surface area contributed by atoms with Crippen LogP contribution in [0.3, 0.4) is 0 Å². The number of nitrogens with two attached hydrogens (primary N) is 1. The zero-order valence-electron chi connectivity index (χ0n) is 14.0. The molecule has 0 saturated carbocycles. The maximum Gasteiger partial charge on any atom is 0.123 e. The van der Waals surface area contributed by atoms with Gasteiger partial charge >= 0.3 is 0 Å². The summed E-state index contributed by atoms with van der Waals surface area (Å²) < 4.78 is 13.2. The second kappa shape index (κ2) is 8.50. The maximum atomic E-state index is 13.2. The fourth-order valence-corrected chi connectivity index (χ4v) is 3.13. The summed E-state index contributed by atoms with van der Waals surface area (Å²) in [6, 6.07) is 6.95. The molecule has 0 radical (unpaired) electrons. The molecule has 1 aromatic carbocycles. The zero-order valence-corrected chi connectivity index (χ0v) is 14.0. The molecular formula is C18H31FN2. The van der Waals surface area contributed by atoms with Gasteiger partial charge < -0.3 is 5.73 Å². The fraction of sp³-hybridized carbons (Fsp3) is 0.667. The Kier molecular flexibility index (Phi) is 7.33. The van der Waals surface area contributed by atoms with Crippen molar-refractivity contribution in [2.45, 2.75) is 65.0 Å². The van der Waals surface area contributed by atoms with E-state index in [2.05, 4.69) is 32.6 Å².